The molecule has 0 radical (unpaired) electrons. The summed E-state index contributed by atoms with van der Waals surface area (Å²) in [5, 5.41) is 9.08. The standard InChI is InChI=1S/C14H17NO4/c1-8-10(19-4)6-5-9-12(8)14(2,7-11(16)17)13(18)15(9)3/h5-6H,7H2,1-4H3,(H,16,17). The van der Waals surface area contributed by atoms with Crippen LogP contribution in [-0.2, 0) is 15.0 Å². The minimum atomic E-state index is -1.03. The Hall–Kier alpha value is -2.04. The molecule has 1 aromatic carbocycles. The average Bonchev–Trinajstić information content (AvgIpc) is 2.52. The number of aliphatic carboxylic acids is 1. The lowest BCUT2D eigenvalue weighted by molar-refractivity contribution is -0.140. The summed E-state index contributed by atoms with van der Waals surface area (Å²) in [6.45, 7) is 3.53. The van der Waals surface area contributed by atoms with Crippen LogP contribution in [0.2, 0.25) is 0 Å². The summed E-state index contributed by atoms with van der Waals surface area (Å²) >= 11 is 0. The molecule has 5 heteroatoms. The van der Waals surface area contributed by atoms with Crippen LogP contribution >= 0.6 is 0 Å². The smallest absolute Gasteiger partial charge is 0.304 e. The zero-order valence-corrected chi connectivity index (χ0v) is 11.5. The number of ether oxygens (including phenoxy) is 1. The zero-order valence-electron chi connectivity index (χ0n) is 11.5. The van der Waals surface area contributed by atoms with Crippen LogP contribution in [0.5, 0.6) is 5.75 Å². The molecule has 1 aliphatic rings. The van der Waals surface area contributed by atoms with E-state index in [4.69, 9.17) is 9.84 Å². The molecular formula is C14H17NO4. The summed E-state index contributed by atoms with van der Waals surface area (Å²) in [5.74, 6) is -0.515. The summed E-state index contributed by atoms with van der Waals surface area (Å²) in [5.41, 5.74) is 1.30. The molecule has 1 atom stereocenters. The van der Waals surface area contributed by atoms with Gasteiger partial charge in [-0.3, -0.25) is 9.59 Å². The Bertz CT molecular complexity index is 567. The molecule has 1 aromatic rings. The van der Waals surface area contributed by atoms with Gasteiger partial charge < -0.3 is 14.7 Å². The number of methoxy groups -OCH3 is 1. The minimum absolute atomic E-state index is 0.193. The fourth-order valence-corrected chi connectivity index (χ4v) is 2.93. The van der Waals surface area contributed by atoms with Gasteiger partial charge in [-0.2, -0.15) is 0 Å². The number of hydrogen-bond acceptors (Lipinski definition) is 3. The predicted octanol–water partition coefficient (Wildman–Crippen LogP) is 1.71. The molecule has 5 nitrogen and oxygen atoms in total. The normalized spacial score (nSPS) is 21.5. The molecule has 1 amide bonds. The molecule has 1 N–H and O–H groups in total. The number of nitrogens with zero attached hydrogens (tertiary/aromatic N) is 1. The predicted molar refractivity (Wildman–Crippen MR) is 70.7 cm³/mol. The van der Waals surface area contributed by atoms with Crippen molar-refractivity contribution in [1.29, 1.82) is 0 Å². The molecule has 19 heavy (non-hydrogen) atoms. The fourth-order valence-electron chi connectivity index (χ4n) is 2.93. The Labute approximate surface area is 111 Å². The summed E-state index contributed by atoms with van der Waals surface area (Å²) in [4.78, 5) is 25.0. The molecule has 2 rings (SSSR count). The van der Waals surface area contributed by atoms with Gasteiger partial charge in [0.05, 0.1) is 18.9 Å². The van der Waals surface area contributed by atoms with Crippen LogP contribution in [0.15, 0.2) is 12.1 Å². The van der Waals surface area contributed by atoms with Crippen molar-refractivity contribution in [2.45, 2.75) is 25.7 Å². The highest BCUT2D eigenvalue weighted by molar-refractivity contribution is 6.09. The van der Waals surface area contributed by atoms with E-state index in [2.05, 4.69) is 0 Å². The van der Waals surface area contributed by atoms with E-state index in [0.29, 0.717) is 5.75 Å². The van der Waals surface area contributed by atoms with Crippen molar-refractivity contribution in [2.24, 2.45) is 0 Å². The van der Waals surface area contributed by atoms with Crippen molar-refractivity contribution >= 4 is 17.6 Å². The van der Waals surface area contributed by atoms with Crippen LogP contribution < -0.4 is 9.64 Å². The first-order chi connectivity index (χ1) is 8.82. The monoisotopic (exact) mass is 263 g/mol. The van der Waals surface area contributed by atoms with Crippen LogP contribution in [0.3, 0.4) is 0 Å². The van der Waals surface area contributed by atoms with Gasteiger partial charge in [-0.1, -0.05) is 0 Å². The number of fused-ring (bicyclic) bond motifs is 1. The molecule has 0 aliphatic carbocycles. The fraction of sp³-hybridized carbons (Fsp3) is 0.429. The molecule has 1 aliphatic heterocycles. The molecule has 0 aromatic heterocycles. The SMILES string of the molecule is COc1ccc2c(c1C)C(C)(CC(=O)O)C(=O)N2C. The Morgan fingerprint density at radius 1 is 1.47 bits per heavy atom. The number of hydrogen-bond donors (Lipinski definition) is 1. The molecule has 0 fully saturated rings. The first kappa shape index (κ1) is 13.4. The van der Waals surface area contributed by atoms with Crippen molar-refractivity contribution in [3.63, 3.8) is 0 Å². The van der Waals surface area contributed by atoms with Gasteiger partial charge in [-0.05, 0) is 37.1 Å². The van der Waals surface area contributed by atoms with Gasteiger partial charge >= 0.3 is 5.97 Å². The largest absolute Gasteiger partial charge is 0.496 e. The first-order valence-corrected chi connectivity index (χ1v) is 6.01. The number of likely N-dealkylation sites (N-methyl/N-ethyl adjacent to an activating group) is 1. The van der Waals surface area contributed by atoms with Gasteiger partial charge in [-0.25, -0.2) is 0 Å². The van der Waals surface area contributed by atoms with Crippen molar-refractivity contribution < 1.29 is 19.4 Å². The van der Waals surface area contributed by atoms with Crippen LogP contribution in [0, 0.1) is 6.92 Å². The van der Waals surface area contributed by atoms with Gasteiger partial charge in [0.2, 0.25) is 5.91 Å². The number of anilines is 1. The Kier molecular flexibility index (Phi) is 3.00. The summed E-state index contributed by atoms with van der Waals surface area (Å²) < 4.78 is 5.26. The lowest BCUT2D eigenvalue weighted by Gasteiger charge is -2.22. The summed E-state index contributed by atoms with van der Waals surface area (Å²) in [6, 6.07) is 3.59. The minimum Gasteiger partial charge on any atom is -0.496 e. The molecular weight excluding hydrogens is 246 g/mol. The van der Waals surface area contributed by atoms with Crippen molar-refractivity contribution in [1.82, 2.24) is 0 Å². The molecule has 102 valence electrons. The van der Waals surface area contributed by atoms with E-state index in [1.807, 2.05) is 6.92 Å². The third-order valence-corrected chi connectivity index (χ3v) is 3.81. The third-order valence-electron chi connectivity index (χ3n) is 3.81. The Balaban J connectivity index is 2.69. The number of carbonyl (C=O) groups is 2. The average molecular weight is 263 g/mol. The van der Waals surface area contributed by atoms with Gasteiger partial charge in [0.1, 0.15) is 5.75 Å². The van der Waals surface area contributed by atoms with Crippen molar-refractivity contribution in [3.05, 3.63) is 23.3 Å². The highest BCUT2D eigenvalue weighted by atomic mass is 16.5. The van der Waals surface area contributed by atoms with Crippen molar-refractivity contribution in [2.75, 3.05) is 19.1 Å². The highest BCUT2D eigenvalue weighted by Gasteiger charge is 2.48. The molecule has 1 heterocycles. The van der Waals surface area contributed by atoms with Crippen LogP contribution in [-0.4, -0.2) is 31.1 Å². The molecule has 1 unspecified atom stereocenters. The van der Waals surface area contributed by atoms with Gasteiger partial charge in [0, 0.05) is 12.7 Å². The number of benzene rings is 1. The van der Waals surface area contributed by atoms with E-state index < -0.39 is 11.4 Å². The summed E-state index contributed by atoms with van der Waals surface area (Å²) in [6.07, 6.45) is -0.225. The lowest BCUT2D eigenvalue weighted by Crippen LogP contribution is -2.38. The van der Waals surface area contributed by atoms with Crippen LogP contribution in [0.1, 0.15) is 24.5 Å². The second kappa shape index (κ2) is 4.26. The molecule has 0 saturated heterocycles. The van der Waals surface area contributed by atoms with Crippen LogP contribution in [0.25, 0.3) is 0 Å². The number of carboxylic acid groups (broad SMARTS) is 1. The van der Waals surface area contributed by atoms with Gasteiger partial charge in [0.25, 0.3) is 0 Å². The van der Waals surface area contributed by atoms with Gasteiger partial charge in [0.15, 0.2) is 0 Å². The number of carboxylic acids is 1. The molecule has 0 spiro atoms. The highest BCUT2D eigenvalue weighted by Crippen LogP contribution is 2.47. The molecule has 0 saturated carbocycles. The maximum absolute atomic E-state index is 12.4. The third kappa shape index (κ3) is 1.77. The summed E-state index contributed by atoms with van der Waals surface area (Å²) in [7, 11) is 3.23. The number of carbonyl (C=O) groups excluding carboxylic acids is 1. The van der Waals surface area contributed by atoms with E-state index in [-0.39, 0.29) is 12.3 Å². The second-order valence-electron chi connectivity index (χ2n) is 5.05. The van der Waals surface area contributed by atoms with Crippen molar-refractivity contribution in [3.8, 4) is 5.75 Å². The topological polar surface area (TPSA) is 66.8 Å². The Morgan fingerprint density at radius 2 is 2.11 bits per heavy atom. The zero-order chi connectivity index (χ0) is 14.4. The first-order valence-electron chi connectivity index (χ1n) is 6.01. The van der Waals surface area contributed by atoms with Gasteiger partial charge in [-0.15, -0.1) is 0 Å². The van der Waals surface area contributed by atoms with Crippen LogP contribution in [0.4, 0.5) is 5.69 Å². The van der Waals surface area contributed by atoms with E-state index in [1.54, 1.807) is 33.2 Å². The number of amides is 1. The van der Waals surface area contributed by atoms with E-state index in [0.717, 1.165) is 16.8 Å². The molecule has 0 bridgehead atoms. The van der Waals surface area contributed by atoms with E-state index in [9.17, 15) is 9.59 Å². The maximum atomic E-state index is 12.4. The quantitative estimate of drug-likeness (QED) is 0.901. The van der Waals surface area contributed by atoms with E-state index >= 15 is 0 Å². The van der Waals surface area contributed by atoms with E-state index in [1.165, 1.54) is 4.90 Å². The maximum Gasteiger partial charge on any atom is 0.304 e. The lowest BCUT2D eigenvalue weighted by atomic mass is 9.78. The number of rotatable bonds is 3. The Morgan fingerprint density at radius 3 is 2.63 bits per heavy atom. The second-order valence-corrected chi connectivity index (χ2v) is 5.05.